The predicted molar refractivity (Wildman–Crippen MR) is 122 cm³/mol. The van der Waals surface area contributed by atoms with Crippen molar-refractivity contribution in [3.8, 4) is 5.75 Å². The third kappa shape index (κ3) is 5.77. The van der Waals surface area contributed by atoms with Crippen LogP contribution in [0.3, 0.4) is 0 Å². The van der Waals surface area contributed by atoms with Crippen LogP contribution in [0.5, 0.6) is 5.75 Å². The molecule has 0 spiro atoms. The summed E-state index contributed by atoms with van der Waals surface area (Å²) in [6.07, 6.45) is 0. The van der Waals surface area contributed by atoms with Crippen LogP contribution in [0.4, 0.5) is 10.1 Å². The average molecular weight is 477 g/mol. The summed E-state index contributed by atoms with van der Waals surface area (Å²) >= 11 is 6.13. The van der Waals surface area contributed by atoms with Crippen molar-refractivity contribution < 1.29 is 22.3 Å². The molecule has 3 rings (SSSR count). The number of rotatable bonds is 8. The molecule has 0 aliphatic rings. The maximum absolute atomic E-state index is 12.9. The quantitative estimate of drug-likeness (QED) is 0.461. The molecule has 2 N–H and O–H groups in total. The summed E-state index contributed by atoms with van der Waals surface area (Å²) in [4.78, 5) is 12.3. The monoisotopic (exact) mass is 476 g/mol. The number of carbonyl (C=O) groups is 1. The van der Waals surface area contributed by atoms with Crippen LogP contribution < -0.4 is 14.8 Å². The molecule has 6 nitrogen and oxygen atoms in total. The standard InChI is InChI=1S/C23H22ClFN2O4S/c1-15-4-3-5-21(16(15)2)27-32(29,30)22-14-17(6-11-20(22)24)23(28)26-12-13-31-19-9-7-18(25)8-10-19/h3-11,14,27H,12-13H2,1-2H3,(H,26,28). The van der Waals surface area contributed by atoms with Crippen molar-refractivity contribution in [2.24, 2.45) is 0 Å². The Hall–Kier alpha value is -3.10. The maximum Gasteiger partial charge on any atom is 0.263 e. The van der Waals surface area contributed by atoms with Crippen molar-refractivity contribution in [2.75, 3.05) is 17.9 Å². The summed E-state index contributed by atoms with van der Waals surface area (Å²) in [5, 5.41) is 2.65. The molecule has 3 aromatic carbocycles. The van der Waals surface area contributed by atoms with E-state index in [1.807, 2.05) is 19.9 Å². The Kier molecular flexibility index (Phi) is 7.37. The third-order valence-electron chi connectivity index (χ3n) is 4.80. The number of sulfonamides is 1. The van der Waals surface area contributed by atoms with Gasteiger partial charge in [-0.2, -0.15) is 0 Å². The summed E-state index contributed by atoms with van der Waals surface area (Å²) in [7, 11) is -4.02. The fourth-order valence-corrected chi connectivity index (χ4v) is 4.53. The molecule has 0 bridgehead atoms. The van der Waals surface area contributed by atoms with Gasteiger partial charge in [0.15, 0.2) is 0 Å². The van der Waals surface area contributed by atoms with E-state index in [0.29, 0.717) is 11.4 Å². The number of hydrogen-bond acceptors (Lipinski definition) is 4. The van der Waals surface area contributed by atoms with Gasteiger partial charge in [-0.15, -0.1) is 0 Å². The second kappa shape index (κ2) is 10.0. The Labute approximate surface area is 191 Å². The summed E-state index contributed by atoms with van der Waals surface area (Å²) < 4.78 is 46.7. The molecular formula is C23H22ClFN2O4S. The zero-order valence-electron chi connectivity index (χ0n) is 17.5. The zero-order chi connectivity index (χ0) is 23.3. The smallest absolute Gasteiger partial charge is 0.263 e. The molecule has 0 atom stereocenters. The molecule has 1 amide bonds. The van der Waals surface area contributed by atoms with Gasteiger partial charge >= 0.3 is 0 Å². The number of halogens is 2. The normalized spacial score (nSPS) is 11.1. The molecule has 3 aromatic rings. The lowest BCUT2D eigenvalue weighted by Gasteiger charge is -2.14. The van der Waals surface area contributed by atoms with Crippen LogP contribution in [-0.4, -0.2) is 27.5 Å². The fourth-order valence-electron chi connectivity index (χ4n) is 2.88. The van der Waals surface area contributed by atoms with Gasteiger partial charge in [0, 0.05) is 5.56 Å². The molecule has 32 heavy (non-hydrogen) atoms. The highest BCUT2D eigenvalue weighted by Crippen LogP contribution is 2.27. The SMILES string of the molecule is Cc1cccc(NS(=O)(=O)c2cc(C(=O)NCCOc3ccc(F)cc3)ccc2Cl)c1C. The number of anilines is 1. The van der Waals surface area contributed by atoms with Crippen LogP contribution in [0, 0.1) is 19.7 Å². The van der Waals surface area contributed by atoms with Crippen LogP contribution in [0.1, 0.15) is 21.5 Å². The van der Waals surface area contributed by atoms with E-state index in [9.17, 15) is 17.6 Å². The minimum atomic E-state index is -4.02. The number of amides is 1. The van der Waals surface area contributed by atoms with Gasteiger partial charge in [-0.1, -0.05) is 23.7 Å². The predicted octanol–water partition coefficient (Wildman–Crippen LogP) is 4.71. The van der Waals surface area contributed by atoms with E-state index in [1.165, 1.54) is 42.5 Å². The van der Waals surface area contributed by atoms with Crippen LogP contribution in [0.2, 0.25) is 5.02 Å². The summed E-state index contributed by atoms with van der Waals surface area (Å²) in [6.45, 7) is 4.02. The van der Waals surface area contributed by atoms with Crippen molar-refractivity contribution in [3.63, 3.8) is 0 Å². The van der Waals surface area contributed by atoms with Gasteiger partial charge in [0.05, 0.1) is 17.3 Å². The Morgan fingerprint density at radius 3 is 2.50 bits per heavy atom. The van der Waals surface area contributed by atoms with E-state index >= 15 is 0 Å². The first kappa shape index (κ1) is 23.6. The second-order valence-corrected chi connectivity index (χ2v) is 9.11. The molecular weight excluding hydrogens is 455 g/mol. The largest absolute Gasteiger partial charge is 0.492 e. The highest BCUT2D eigenvalue weighted by Gasteiger charge is 2.21. The van der Waals surface area contributed by atoms with Crippen molar-refractivity contribution in [1.29, 1.82) is 0 Å². The van der Waals surface area contributed by atoms with Crippen molar-refractivity contribution >= 4 is 33.2 Å². The van der Waals surface area contributed by atoms with Gasteiger partial charge in [-0.25, -0.2) is 12.8 Å². The molecule has 0 aliphatic carbocycles. The van der Waals surface area contributed by atoms with Crippen LogP contribution >= 0.6 is 11.6 Å². The minimum Gasteiger partial charge on any atom is -0.492 e. The van der Waals surface area contributed by atoms with Crippen LogP contribution in [0.15, 0.2) is 65.6 Å². The van der Waals surface area contributed by atoms with Gasteiger partial charge in [0.2, 0.25) is 0 Å². The average Bonchev–Trinajstić information content (AvgIpc) is 2.75. The topological polar surface area (TPSA) is 84.5 Å². The summed E-state index contributed by atoms with van der Waals surface area (Å²) in [6, 6.07) is 14.8. The Balaban J connectivity index is 1.68. The van der Waals surface area contributed by atoms with Crippen molar-refractivity contribution in [3.05, 3.63) is 88.2 Å². The Morgan fingerprint density at radius 1 is 1.06 bits per heavy atom. The van der Waals surface area contributed by atoms with E-state index in [0.717, 1.165) is 11.1 Å². The zero-order valence-corrected chi connectivity index (χ0v) is 19.1. The van der Waals surface area contributed by atoms with Gasteiger partial charge in [-0.05, 0) is 73.5 Å². The highest BCUT2D eigenvalue weighted by atomic mass is 35.5. The lowest BCUT2D eigenvalue weighted by molar-refractivity contribution is 0.0947. The molecule has 9 heteroatoms. The number of benzene rings is 3. The van der Waals surface area contributed by atoms with E-state index in [4.69, 9.17) is 16.3 Å². The molecule has 0 saturated carbocycles. The first-order valence-electron chi connectivity index (χ1n) is 9.72. The molecule has 0 fully saturated rings. The lowest BCUT2D eigenvalue weighted by atomic mass is 10.1. The summed E-state index contributed by atoms with van der Waals surface area (Å²) in [5.74, 6) is -0.378. The highest BCUT2D eigenvalue weighted by molar-refractivity contribution is 7.92. The lowest BCUT2D eigenvalue weighted by Crippen LogP contribution is -2.28. The molecule has 0 radical (unpaired) electrons. The summed E-state index contributed by atoms with van der Waals surface area (Å²) in [5.41, 5.74) is 2.31. The van der Waals surface area contributed by atoms with Gasteiger partial charge in [0.25, 0.3) is 15.9 Å². The van der Waals surface area contributed by atoms with Crippen molar-refractivity contribution in [2.45, 2.75) is 18.7 Å². The number of carbonyl (C=O) groups excluding carboxylic acids is 1. The van der Waals surface area contributed by atoms with Crippen LogP contribution in [-0.2, 0) is 10.0 Å². The first-order valence-corrected chi connectivity index (χ1v) is 11.6. The van der Waals surface area contributed by atoms with E-state index in [2.05, 4.69) is 10.0 Å². The fraction of sp³-hybridized carbons (Fsp3) is 0.174. The molecule has 0 aromatic heterocycles. The van der Waals surface area contributed by atoms with Crippen LogP contribution in [0.25, 0.3) is 0 Å². The molecule has 0 aliphatic heterocycles. The number of aryl methyl sites for hydroxylation is 1. The number of hydrogen-bond donors (Lipinski definition) is 2. The van der Waals surface area contributed by atoms with E-state index < -0.39 is 15.9 Å². The van der Waals surface area contributed by atoms with E-state index in [-0.39, 0.29) is 34.5 Å². The Bertz CT molecular complexity index is 1230. The molecule has 0 unspecified atom stereocenters. The Morgan fingerprint density at radius 2 is 1.78 bits per heavy atom. The maximum atomic E-state index is 12.9. The number of nitrogens with one attached hydrogen (secondary N) is 2. The van der Waals surface area contributed by atoms with Gasteiger partial charge in [-0.3, -0.25) is 9.52 Å². The van der Waals surface area contributed by atoms with Gasteiger partial charge < -0.3 is 10.1 Å². The van der Waals surface area contributed by atoms with Crippen molar-refractivity contribution in [1.82, 2.24) is 5.32 Å². The minimum absolute atomic E-state index is 0.000927. The van der Waals surface area contributed by atoms with E-state index in [1.54, 1.807) is 12.1 Å². The second-order valence-electron chi connectivity index (χ2n) is 7.06. The number of ether oxygens (including phenoxy) is 1. The van der Waals surface area contributed by atoms with Gasteiger partial charge in [0.1, 0.15) is 23.1 Å². The molecule has 0 heterocycles. The molecule has 168 valence electrons. The molecule has 0 saturated heterocycles. The third-order valence-corrected chi connectivity index (χ3v) is 6.65. The first-order chi connectivity index (χ1) is 15.2.